The van der Waals surface area contributed by atoms with Gasteiger partial charge in [-0.05, 0) is 38.3 Å². The first-order chi connectivity index (χ1) is 13.6. The lowest BCUT2D eigenvalue weighted by Crippen LogP contribution is -2.46. The first-order valence-electron chi connectivity index (χ1n) is 10.1. The number of carbonyl (C=O) groups excluding carboxylic acids is 1. The van der Waals surface area contributed by atoms with Crippen LogP contribution in [0.15, 0.2) is 24.3 Å². The zero-order chi connectivity index (χ0) is 19.7. The second-order valence-corrected chi connectivity index (χ2v) is 7.91. The van der Waals surface area contributed by atoms with E-state index in [2.05, 4.69) is 17.3 Å². The van der Waals surface area contributed by atoms with Crippen molar-refractivity contribution in [2.75, 3.05) is 18.5 Å². The standard InChI is InChI=1S/C21H27ClN4O2/c1-3-4-11-26-19(22)18(14(2)24-26)20-23-17-10-6-5-9-16(17)21(27)25(20)13-15-8-7-12-28-15/h5-6,9-10,15,20,23H,3-4,7-8,11-13H2,1-2H3. The summed E-state index contributed by atoms with van der Waals surface area (Å²) in [5.74, 6) is 0.00613. The van der Waals surface area contributed by atoms with E-state index in [1.807, 2.05) is 40.8 Å². The van der Waals surface area contributed by atoms with Crippen molar-refractivity contribution in [3.63, 3.8) is 0 Å². The molecular formula is C21H27ClN4O2. The SMILES string of the molecule is CCCCn1nc(C)c(C2Nc3ccccc3C(=O)N2CC2CCCO2)c1Cl. The highest BCUT2D eigenvalue weighted by molar-refractivity contribution is 6.30. The normalized spacial score (nSPS) is 21.7. The minimum absolute atomic E-state index is 0.00613. The van der Waals surface area contributed by atoms with E-state index in [0.29, 0.717) is 17.3 Å². The maximum atomic E-state index is 13.3. The third-order valence-corrected chi connectivity index (χ3v) is 5.95. The Balaban J connectivity index is 1.72. The molecule has 2 aromatic rings. The number of nitrogens with one attached hydrogen (secondary N) is 1. The number of para-hydroxylation sites is 1. The number of hydrogen-bond acceptors (Lipinski definition) is 4. The summed E-state index contributed by atoms with van der Waals surface area (Å²) < 4.78 is 7.67. The smallest absolute Gasteiger partial charge is 0.257 e. The van der Waals surface area contributed by atoms with Gasteiger partial charge in [0, 0.05) is 25.4 Å². The Labute approximate surface area is 170 Å². The van der Waals surface area contributed by atoms with Gasteiger partial charge in [-0.3, -0.25) is 9.48 Å². The molecule has 2 aliphatic heterocycles. The van der Waals surface area contributed by atoms with E-state index >= 15 is 0 Å². The molecule has 1 aromatic heterocycles. The first kappa shape index (κ1) is 19.3. The van der Waals surface area contributed by atoms with Crippen molar-refractivity contribution >= 4 is 23.2 Å². The zero-order valence-electron chi connectivity index (χ0n) is 16.4. The van der Waals surface area contributed by atoms with Crippen molar-refractivity contribution < 1.29 is 9.53 Å². The molecule has 0 saturated carbocycles. The summed E-state index contributed by atoms with van der Waals surface area (Å²) in [5, 5.41) is 8.78. The Hall–Kier alpha value is -2.05. The van der Waals surface area contributed by atoms with Gasteiger partial charge in [0.2, 0.25) is 0 Å². The summed E-state index contributed by atoms with van der Waals surface area (Å²) in [6.45, 7) is 6.18. The Morgan fingerprint density at radius 1 is 1.36 bits per heavy atom. The van der Waals surface area contributed by atoms with Gasteiger partial charge in [-0.1, -0.05) is 37.1 Å². The number of nitrogens with zero attached hydrogens (tertiary/aromatic N) is 3. The molecular weight excluding hydrogens is 376 g/mol. The van der Waals surface area contributed by atoms with Gasteiger partial charge in [0.15, 0.2) is 0 Å². The molecule has 1 fully saturated rings. The van der Waals surface area contributed by atoms with Crippen LogP contribution in [0, 0.1) is 6.92 Å². The Morgan fingerprint density at radius 2 is 2.18 bits per heavy atom. The van der Waals surface area contributed by atoms with Gasteiger partial charge in [0.05, 0.1) is 22.9 Å². The molecule has 0 spiro atoms. The second kappa shape index (κ2) is 8.13. The van der Waals surface area contributed by atoms with Crippen molar-refractivity contribution in [3.8, 4) is 0 Å². The monoisotopic (exact) mass is 402 g/mol. The van der Waals surface area contributed by atoms with Crippen LogP contribution in [0.2, 0.25) is 5.15 Å². The minimum Gasteiger partial charge on any atom is -0.376 e. The molecule has 3 heterocycles. The summed E-state index contributed by atoms with van der Waals surface area (Å²) in [6, 6.07) is 7.63. The van der Waals surface area contributed by atoms with E-state index in [9.17, 15) is 4.79 Å². The molecule has 2 atom stereocenters. The predicted octanol–water partition coefficient (Wildman–Crippen LogP) is 4.39. The average Bonchev–Trinajstić information content (AvgIpc) is 3.30. The quantitative estimate of drug-likeness (QED) is 0.778. The number of unbranched alkanes of at least 4 members (excludes halogenated alkanes) is 1. The fourth-order valence-corrected chi connectivity index (χ4v) is 4.41. The highest BCUT2D eigenvalue weighted by Crippen LogP contribution is 2.38. The van der Waals surface area contributed by atoms with Crippen LogP contribution in [0.4, 0.5) is 5.69 Å². The molecule has 1 N–H and O–H groups in total. The number of aromatic nitrogens is 2. The molecule has 1 amide bonds. The predicted molar refractivity (Wildman–Crippen MR) is 110 cm³/mol. The first-order valence-corrected chi connectivity index (χ1v) is 10.5. The molecule has 0 bridgehead atoms. The summed E-state index contributed by atoms with van der Waals surface area (Å²) in [5.41, 5.74) is 3.24. The number of halogens is 1. The number of carbonyl (C=O) groups is 1. The van der Waals surface area contributed by atoms with Gasteiger partial charge in [-0.15, -0.1) is 0 Å². The van der Waals surface area contributed by atoms with E-state index in [4.69, 9.17) is 16.3 Å². The number of fused-ring (bicyclic) bond motifs is 1. The maximum Gasteiger partial charge on any atom is 0.257 e. The van der Waals surface area contributed by atoms with E-state index < -0.39 is 0 Å². The van der Waals surface area contributed by atoms with Gasteiger partial charge in [-0.25, -0.2) is 0 Å². The number of hydrogen-bond donors (Lipinski definition) is 1. The van der Waals surface area contributed by atoms with Gasteiger partial charge >= 0.3 is 0 Å². The summed E-state index contributed by atoms with van der Waals surface area (Å²) in [7, 11) is 0. The topological polar surface area (TPSA) is 59.4 Å². The van der Waals surface area contributed by atoms with Gasteiger partial charge in [-0.2, -0.15) is 5.10 Å². The molecule has 7 heteroatoms. The number of anilines is 1. The Bertz CT molecular complexity index is 860. The largest absolute Gasteiger partial charge is 0.376 e. The van der Waals surface area contributed by atoms with Crippen LogP contribution in [-0.4, -0.2) is 39.8 Å². The number of rotatable bonds is 6. The highest BCUT2D eigenvalue weighted by atomic mass is 35.5. The van der Waals surface area contributed by atoms with Crippen LogP contribution in [0.3, 0.4) is 0 Å². The van der Waals surface area contributed by atoms with E-state index in [1.54, 1.807) is 0 Å². The lowest BCUT2D eigenvalue weighted by molar-refractivity contribution is 0.0426. The number of benzene rings is 1. The van der Waals surface area contributed by atoms with E-state index in [0.717, 1.165) is 55.8 Å². The zero-order valence-corrected chi connectivity index (χ0v) is 17.2. The van der Waals surface area contributed by atoms with Crippen molar-refractivity contribution in [2.45, 2.75) is 58.3 Å². The van der Waals surface area contributed by atoms with E-state index in [1.165, 1.54) is 0 Å². The minimum atomic E-state index is -0.352. The molecule has 2 unspecified atom stereocenters. The molecule has 0 radical (unpaired) electrons. The lowest BCUT2D eigenvalue weighted by Gasteiger charge is -2.39. The Morgan fingerprint density at radius 3 is 2.93 bits per heavy atom. The third kappa shape index (κ3) is 3.51. The molecule has 28 heavy (non-hydrogen) atoms. The van der Waals surface area contributed by atoms with Crippen molar-refractivity contribution in [1.29, 1.82) is 0 Å². The van der Waals surface area contributed by atoms with Gasteiger partial charge in [0.1, 0.15) is 11.3 Å². The summed E-state index contributed by atoms with van der Waals surface area (Å²) >= 11 is 6.75. The average molecular weight is 403 g/mol. The van der Waals surface area contributed by atoms with Crippen molar-refractivity contribution in [2.24, 2.45) is 0 Å². The highest BCUT2D eigenvalue weighted by Gasteiger charge is 2.38. The molecule has 1 saturated heterocycles. The summed E-state index contributed by atoms with van der Waals surface area (Å²) in [4.78, 5) is 15.2. The van der Waals surface area contributed by atoms with Crippen LogP contribution < -0.4 is 5.32 Å². The lowest BCUT2D eigenvalue weighted by atomic mass is 10.0. The number of aryl methyl sites for hydroxylation is 2. The van der Waals surface area contributed by atoms with Crippen molar-refractivity contribution in [1.82, 2.24) is 14.7 Å². The van der Waals surface area contributed by atoms with E-state index in [-0.39, 0.29) is 18.2 Å². The third-order valence-electron chi connectivity index (χ3n) is 5.55. The molecule has 150 valence electrons. The molecule has 4 rings (SSSR count). The molecule has 6 nitrogen and oxygen atoms in total. The maximum absolute atomic E-state index is 13.3. The fraction of sp³-hybridized carbons (Fsp3) is 0.524. The fourth-order valence-electron chi connectivity index (χ4n) is 4.05. The van der Waals surface area contributed by atoms with Crippen LogP contribution in [-0.2, 0) is 11.3 Å². The van der Waals surface area contributed by atoms with Gasteiger partial charge < -0.3 is 15.0 Å². The number of amides is 1. The van der Waals surface area contributed by atoms with Crippen LogP contribution in [0.5, 0.6) is 0 Å². The molecule has 0 aliphatic carbocycles. The van der Waals surface area contributed by atoms with Gasteiger partial charge in [0.25, 0.3) is 5.91 Å². The van der Waals surface area contributed by atoms with Crippen LogP contribution in [0.25, 0.3) is 0 Å². The van der Waals surface area contributed by atoms with Crippen molar-refractivity contribution in [3.05, 3.63) is 46.2 Å². The van der Waals surface area contributed by atoms with Crippen LogP contribution >= 0.6 is 11.6 Å². The molecule has 1 aromatic carbocycles. The van der Waals surface area contributed by atoms with Crippen LogP contribution in [0.1, 0.15) is 60.4 Å². The molecule has 2 aliphatic rings. The Kier molecular flexibility index (Phi) is 5.60. The summed E-state index contributed by atoms with van der Waals surface area (Å²) in [6.07, 6.45) is 3.81. The number of ether oxygens (including phenoxy) is 1. The second-order valence-electron chi connectivity index (χ2n) is 7.55.